The molecule has 1 aromatic heterocycles. The minimum Gasteiger partial charge on any atom is -0.478 e. The lowest BCUT2D eigenvalue weighted by molar-refractivity contribution is 0.0694. The highest BCUT2D eigenvalue weighted by molar-refractivity contribution is 6.04. The Bertz CT molecular complexity index is 668. The summed E-state index contributed by atoms with van der Waals surface area (Å²) in [4.78, 5) is 15.8. The number of methoxy groups -OCH3 is 1. The molecule has 0 aliphatic rings. The fourth-order valence-corrected chi connectivity index (χ4v) is 2.22. The molecule has 0 saturated carbocycles. The number of hydrogen-bond acceptors (Lipinski definition) is 3. The van der Waals surface area contributed by atoms with E-state index in [0.29, 0.717) is 27.7 Å². The maximum Gasteiger partial charge on any atom is 0.336 e. The maximum atomic E-state index is 13.5. The molecule has 2 aromatic rings. The second kappa shape index (κ2) is 4.93. The highest BCUT2D eigenvalue weighted by Gasteiger charge is 2.19. The Morgan fingerprint density at radius 1 is 1.42 bits per heavy atom. The number of aryl methyl sites for hydroxylation is 2. The highest BCUT2D eigenvalue weighted by atomic mass is 19.1. The number of aromatic nitrogens is 1. The van der Waals surface area contributed by atoms with Gasteiger partial charge in [0, 0.05) is 23.8 Å². The van der Waals surface area contributed by atoms with Gasteiger partial charge in [-0.05, 0) is 31.5 Å². The van der Waals surface area contributed by atoms with Gasteiger partial charge in [0.1, 0.15) is 5.82 Å². The summed E-state index contributed by atoms with van der Waals surface area (Å²) in [6.07, 6.45) is 0. The van der Waals surface area contributed by atoms with Gasteiger partial charge in [-0.1, -0.05) is 0 Å². The smallest absolute Gasteiger partial charge is 0.336 e. The first-order chi connectivity index (χ1) is 8.95. The summed E-state index contributed by atoms with van der Waals surface area (Å²) in [6.45, 7) is 3.56. The molecule has 5 heteroatoms. The predicted octanol–water partition coefficient (Wildman–Crippen LogP) is 2.84. The van der Waals surface area contributed by atoms with E-state index in [1.807, 2.05) is 0 Å². The summed E-state index contributed by atoms with van der Waals surface area (Å²) in [5.74, 6) is -1.57. The molecule has 0 fully saturated rings. The molecule has 1 aromatic carbocycles. The van der Waals surface area contributed by atoms with Gasteiger partial charge in [0.15, 0.2) is 0 Å². The maximum absolute atomic E-state index is 13.5. The normalized spacial score (nSPS) is 10.9. The molecule has 0 spiro atoms. The molecule has 0 bridgehead atoms. The molecule has 0 radical (unpaired) electrons. The van der Waals surface area contributed by atoms with Crippen LogP contribution in [0.15, 0.2) is 12.1 Å². The van der Waals surface area contributed by atoms with Crippen LogP contribution in [-0.4, -0.2) is 23.2 Å². The lowest BCUT2D eigenvalue weighted by Crippen LogP contribution is -2.09. The highest BCUT2D eigenvalue weighted by Crippen LogP contribution is 2.27. The van der Waals surface area contributed by atoms with E-state index in [0.717, 1.165) is 0 Å². The van der Waals surface area contributed by atoms with Crippen LogP contribution in [0.3, 0.4) is 0 Å². The number of pyridine rings is 1. The van der Waals surface area contributed by atoms with Gasteiger partial charge in [-0.15, -0.1) is 0 Å². The molecular weight excluding hydrogens is 249 g/mol. The summed E-state index contributed by atoms with van der Waals surface area (Å²) in [6, 6.07) is 2.55. The standard InChI is InChI=1S/C14H14FNO3/c1-7-4-9(15)5-10-12(14(17)18)11(6-19-3)8(2)16-13(7)10/h4-5H,6H2,1-3H3,(H,17,18). The van der Waals surface area contributed by atoms with Crippen LogP contribution < -0.4 is 0 Å². The van der Waals surface area contributed by atoms with Crippen LogP contribution in [0, 0.1) is 19.7 Å². The number of nitrogens with zero attached hydrogens (tertiary/aromatic N) is 1. The van der Waals surface area contributed by atoms with Gasteiger partial charge in [0.2, 0.25) is 0 Å². The summed E-state index contributed by atoms with van der Waals surface area (Å²) < 4.78 is 18.5. The van der Waals surface area contributed by atoms with E-state index in [1.165, 1.54) is 19.2 Å². The topological polar surface area (TPSA) is 59.4 Å². The van der Waals surface area contributed by atoms with Crippen molar-refractivity contribution in [2.75, 3.05) is 7.11 Å². The fraction of sp³-hybridized carbons (Fsp3) is 0.286. The molecular formula is C14H14FNO3. The van der Waals surface area contributed by atoms with Crippen molar-refractivity contribution >= 4 is 16.9 Å². The number of hydrogen-bond donors (Lipinski definition) is 1. The molecule has 0 aliphatic heterocycles. The monoisotopic (exact) mass is 263 g/mol. The number of carboxylic acids is 1. The molecule has 1 heterocycles. The Morgan fingerprint density at radius 3 is 2.68 bits per heavy atom. The van der Waals surface area contributed by atoms with Gasteiger partial charge in [0.05, 0.1) is 17.7 Å². The molecule has 0 saturated heterocycles. The van der Waals surface area contributed by atoms with Crippen LogP contribution in [0.1, 0.15) is 27.2 Å². The third kappa shape index (κ3) is 2.29. The number of halogens is 1. The SMILES string of the molecule is COCc1c(C)nc2c(C)cc(F)cc2c1C(=O)O. The van der Waals surface area contributed by atoms with Gasteiger partial charge in [-0.25, -0.2) is 9.18 Å². The molecule has 0 atom stereocenters. The Labute approximate surface area is 109 Å². The van der Waals surface area contributed by atoms with Crippen molar-refractivity contribution in [1.29, 1.82) is 0 Å². The van der Waals surface area contributed by atoms with E-state index in [1.54, 1.807) is 13.8 Å². The molecule has 100 valence electrons. The first-order valence-electron chi connectivity index (χ1n) is 5.77. The van der Waals surface area contributed by atoms with Crippen LogP contribution in [0.25, 0.3) is 10.9 Å². The number of carbonyl (C=O) groups is 1. The molecule has 2 rings (SSSR count). The zero-order valence-electron chi connectivity index (χ0n) is 11.0. The van der Waals surface area contributed by atoms with Gasteiger partial charge < -0.3 is 9.84 Å². The van der Waals surface area contributed by atoms with Crippen LogP contribution in [0.5, 0.6) is 0 Å². The summed E-state index contributed by atoms with van der Waals surface area (Å²) in [5, 5.41) is 9.70. The lowest BCUT2D eigenvalue weighted by atomic mass is 9.99. The average molecular weight is 263 g/mol. The van der Waals surface area contributed by atoms with Crippen molar-refractivity contribution in [3.63, 3.8) is 0 Å². The van der Waals surface area contributed by atoms with Crippen molar-refractivity contribution in [3.8, 4) is 0 Å². The van der Waals surface area contributed by atoms with E-state index in [-0.39, 0.29) is 12.2 Å². The van der Waals surface area contributed by atoms with Crippen molar-refractivity contribution in [3.05, 3.63) is 40.3 Å². The van der Waals surface area contributed by atoms with Crippen molar-refractivity contribution in [1.82, 2.24) is 4.98 Å². The zero-order chi connectivity index (χ0) is 14.2. The van der Waals surface area contributed by atoms with Crippen LogP contribution >= 0.6 is 0 Å². The Morgan fingerprint density at radius 2 is 2.11 bits per heavy atom. The quantitative estimate of drug-likeness (QED) is 0.925. The molecule has 0 amide bonds. The van der Waals surface area contributed by atoms with E-state index in [9.17, 15) is 14.3 Å². The van der Waals surface area contributed by atoms with Crippen LogP contribution in [-0.2, 0) is 11.3 Å². The Hall–Kier alpha value is -2.01. The fourth-order valence-electron chi connectivity index (χ4n) is 2.22. The largest absolute Gasteiger partial charge is 0.478 e. The van der Waals surface area contributed by atoms with Crippen molar-refractivity contribution in [2.24, 2.45) is 0 Å². The first kappa shape index (κ1) is 13.4. The van der Waals surface area contributed by atoms with E-state index in [4.69, 9.17) is 4.74 Å². The van der Waals surface area contributed by atoms with Crippen molar-refractivity contribution in [2.45, 2.75) is 20.5 Å². The minimum atomic E-state index is -1.10. The second-order valence-corrected chi connectivity index (χ2v) is 4.41. The first-order valence-corrected chi connectivity index (χ1v) is 5.77. The van der Waals surface area contributed by atoms with Gasteiger partial charge >= 0.3 is 5.97 Å². The summed E-state index contributed by atoms with van der Waals surface area (Å²) >= 11 is 0. The minimum absolute atomic E-state index is 0.0620. The van der Waals surface area contributed by atoms with Crippen molar-refractivity contribution < 1.29 is 19.0 Å². The summed E-state index contributed by atoms with van der Waals surface area (Å²) in [7, 11) is 1.48. The van der Waals surface area contributed by atoms with Gasteiger partial charge in [0.25, 0.3) is 0 Å². The number of fused-ring (bicyclic) bond motifs is 1. The number of rotatable bonds is 3. The molecule has 19 heavy (non-hydrogen) atoms. The van der Waals surface area contributed by atoms with E-state index in [2.05, 4.69) is 4.98 Å². The summed E-state index contributed by atoms with van der Waals surface area (Å²) in [5.41, 5.74) is 2.25. The zero-order valence-corrected chi connectivity index (χ0v) is 11.0. The lowest BCUT2D eigenvalue weighted by Gasteiger charge is -2.13. The molecule has 4 nitrogen and oxygen atoms in total. The average Bonchev–Trinajstić information content (AvgIpc) is 2.31. The molecule has 1 N–H and O–H groups in total. The van der Waals surface area contributed by atoms with Crippen LogP contribution in [0.2, 0.25) is 0 Å². The van der Waals surface area contributed by atoms with E-state index >= 15 is 0 Å². The van der Waals surface area contributed by atoms with Gasteiger partial charge in [-0.2, -0.15) is 0 Å². The number of carboxylic acid groups (broad SMARTS) is 1. The predicted molar refractivity (Wildman–Crippen MR) is 68.8 cm³/mol. The number of aromatic carboxylic acids is 1. The number of ether oxygens (including phenoxy) is 1. The molecule has 0 aliphatic carbocycles. The Balaban J connectivity index is 2.94. The van der Waals surface area contributed by atoms with Crippen LogP contribution in [0.4, 0.5) is 4.39 Å². The number of benzene rings is 1. The van der Waals surface area contributed by atoms with Gasteiger partial charge in [-0.3, -0.25) is 4.98 Å². The molecule has 0 unspecified atom stereocenters. The Kier molecular flexibility index (Phi) is 3.48. The third-order valence-corrected chi connectivity index (χ3v) is 3.06. The van der Waals surface area contributed by atoms with E-state index < -0.39 is 11.8 Å². The third-order valence-electron chi connectivity index (χ3n) is 3.06. The second-order valence-electron chi connectivity index (χ2n) is 4.41.